The molecule has 1 aliphatic carbocycles. The molecule has 0 amide bonds. The Hall–Kier alpha value is -6.28. The van der Waals surface area contributed by atoms with Gasteiger partial charge in [-0.1, -0.05) is 121 Å². The smallest absolute Gasteiger partial charge is 0.136 e. The molecule has 1 nitrogen and oxygen atoms in total. The Morgan fingerprint density at radius 2 is 1.36 bits per heavy atom. The molecule has 1 aromatic heterocycles. The minimum atomic E-state index is 0.708. The molecule has 0 saturated carbocycles. The SMILES string of the molecule is C#Cc1c2c(cc(-c3c4ccccc4c(-c4ccc5c(c4)oc4cc6ccccc6cc45)c4ccccc34)c1/C=C\C)C=CCC#C2. The predicted molar refractivity (Wildman–Crippen MR) is 200 cm³/mol. The van der Waals surface area contributed by atoms with Crippen molar-refractivity contribution in [3.8, 4) is 46.4 Å². The van der Waals surface area contributed by atoms with Crippen LogP contribution in [-0.2, 0) is 0 Å². The highest BCUT2D eigenvalue weighted by Crippen LogP contribution is 2.47. The van der Waals surface area contributed by atoms with Gasteiger partial charge in [0.25, 0.3) is 0 Å². The Morgan fingerprint density at radius 1 is 0.702 bits per heavy atom. The topological polar surface area (TPSA) is 13.1 Å². The molecule has 218 valence electrons. The second kappa shape index (κ2) is 10.7. The summed E-state index contributed by atoms with van der Waals surface area (Å²) in [7, 11) is 0. The maximum Gasteiger partial charge on any atom is 0.136 e. The van der Waals surface area contributed by atoms with E-state index in [1.807, 2.05) is 6.92 Å². The maximum atomic E-state index is 6.53. The van der Waals surface area contributed by atoms with Gasteiger partial charge in [-0.2, -0.15) is 0 Å². The summed E-state index contributed by atoms with van der Waals surface area (Å²) < 4.78 is 6.53. The first-order chi connectivity index (χ1) is 23.2. The molecular weight excluding hydrogens is 569 g/mol. The zero-order valence-corrected chi connectivity index (χ0v) is 25.9. The third-order valence-electron chi connectivity index (χ3n) is 9.44. The monoisotopic (exact) mass is 596 g/mol. The molecule has 9 rings (SSSR count). The number of hydrogen-bond donors (Lipinski definition) is 0. The zero-order chi connectivity index (χ0) is 31.5. The van der Waals surface area contributed by atoms with Crippen LogP contribution < -0.4 is 0 Å². The minimum Gasteiger partial charge on any atom is -0.456 e. The van der Waals surface area contributed by atoms with Gasteiger partial charge >= 0.3 is 0 Å². The van der Waals surface area contributed by atoms with E-state index in [0.29, 0.717) is 6.42 Å². The fraction of sp³-hybridized carbons (Fsp3) is 0.0435. The van der Waals surface area contributed by atoms with Gasteiger partial charge in [0.2, 0.25) is 0 Å². The van der Waals surface area contributed by atoms with Gasteiger partial charge in [0.15, 0.2) is 0 Å². The first-order valence-corrected chi connectivity index (χ1v) is 16.0. The summed E-state index contributed by atoms with van der Waals surface area (Å²) in [6.45, 7) is 2.04. The van der Waals surface area contributed by atoms with Gasteiger partial charge < -0.3 is 4.42 Å². The number of fused-ring (bicyclic) bond motifs is 7. The third-order valence-corrected chi connectivity index (χ3v) is 9.44. The molecule has 0 aliphatic heterocycles. The summed E-state index contributed by atoms with van der Waals surface area (Å²) in [5, 5.41) is 9.37. The van der Waals surface area contributed by atoms with Crippen LogP contribution in [0.15, 0.2) is 126 Å². The van der Waals surface area contributed by atoms with E-state index in [1.54, 1.807) is 0 Å². The van der Waals surface area contributed by atoms with Crippen LogP contribution in [-0.4, -0.2) is 0 Å². The largest absolute Gasteiger partial charge is 0.456 e. The second-order valence-electron chi connectivity index (χ2n) is 12.1. The van der Waals surface area contributed by atoms with E-state index < -0.39 is 0 Å². The van der Waals surface area contributed by atoms with Crippen molar-refractivity contribution in [1.82, 2.24) is 0 Å². The molecule has 0 radical (unpaired) electrons. The van der Waals surface area contributed by atoms with Gasteiger partial charge in [-0.05, 0) is 103 Å². The molecule has 47 heavy (non-hydrogen) atoms. The van der Waals surface area contributed by atoms with E-state index in [0.717, 1.165) is 55.3 Å². The second-order valence-corrected chi connectivity index (χ2v) is 12.1. The average molecular weight is 597 g/mol. The fourth-order valence-corrected chi connectivity index (χ4v) is 7.41. The van der Waals surface area contributed by atoms with E-state index in [-0.39, 0.29) is 0 Å². The zero-order valence-electron chi connectivity index (χ0n) is 25.9. The Bertz CT molecular complexity index is 2730. The molecule has 0 fully saturated rings. The Kier molecular flexibility index (Phi) is 6.14. The van der Waals surface area contributed by atoms with Crippen LogP contribution in [0, 0.1) is 24.2 Å². The molecule has 0 atom stereocenters. The van der Waals surface area contributed by atoms with E-state index in [2.05, 4.69) is 151 Å². The summed E-state index contributed by atoms with van der Waals surface area (Å²) in [5.41, 5.74) is 10.3. The lowest BCUT2D eigenvalue weighted by Gasteiger charge is -2.21. The van der Waals surface area contributed by atoms with Gasteiger partial charge in [-0.25, -0.2) is 0 Å². The molecule has 1 aliphatic rings. The summed E-state index contributed by atoms with van der Waals surface area (Å²) in [6, 6.07) is 39.3. The van der Waals surface area contributed by atoms with Crippen molar-refractivity contribution in [1.29, 1.82) is 0 Å². The molecule has 8 aromatic rings. The number of allylic oxidation sites excluding steroid dienone is 2. The number of rotatable bonds is 3. The van der Waals surface area contributed by atoms with Crippen molar-refractivity contribution < 1.29 is 4.42 Å². The van der Waals surface area contributed by atoms with Crippen molar-refractivity contribution in [2.75, 3.05) is 0 Å². The molecule has 1 heteroatoms. The van der Waals surface area contributed by atoms with Crippen LogP contribution in [0.5, 0.6) is 0 Å². The highest BCUT2D eigenvalue weighted by atomic mass is 16.3. The van der Waals surface area contributed by atoms with Gasteiger partial charge in [-0.15, -0.1) is 6.42 Å². The van der Waals surface area contributed by atoms with Crippen molar-refractivity contribution in [3.63, 3.8) is 0 Å². The summed E-state index contributed by atoms with van der Waals surface area (Å²) in [5.74, 6) is 9.64. The first-order valence-electron chi connectivity index (χ1n) is 16.0. The molecule has 7 aromatic carbocycles. The van der Waals surface area contributed by atoms with Crippen molar-refractivity contribution in [2.45, 2.75) is 13.3 Å². The van der Waals surface area contributed by atoms with E-state index in [4.69, 9.17) is 10.8 Å². The first kappa shape index (κ1) is 27.1. The van der Waals surface area contributed by atoms with Crippen LogP contribution in [0.4, 0.5) is 0 Å². The van der Waals surface area contributed by atoms with Crippen LogP contribution in [0.1, 0.15) is 35.6 Å². The molecular formula is C46H28O. The molecule has 0 N–H and O–H groups in total. The molecule has 0 saturated heterocycles. The fourth-order valence-electron chi connectivity index (χ4n) is 7.41. The minimum absolute atomic E-state index is 0.708. The predicted octanol–water partition coefficient (Wildman–Crippen LogP) is 12.2. The van der Waals surface area contributed by atoms with Crippen molar-refractivity contribution >= 4 is 66.4 Å². The van der Waals surface area contributed by atoms with Gasteiger partial charge in [0.1, 0.15) is 11.2 Å². The average Bonchev–Trinajstić information content (AvgIpc) is 3.28. The van der Waals surface area contributed by atoms with E-state index in [9.17, 15) is 0 Å². The van der Waals surface area contributed by atoms with Crippen LogP contribution >= 0.6 is 0 Å². The number of furan rings is 1. The highest BCUT2D eigenvalue weighted by molar-refractivity contribution is 6.23. The highest BCUT2D eigenvalue weighted by Gasteiger charge is 2.22. The summed E-state index contributed by atoms with van der Waals surface area (Å²) in [6.07, 6.45) is 15.4. The molecule has 0 spiro atoms. The van der Waals surface area contributed by atoms with E-state index in [1.165, 1.54) is 43.4 Å². The van der Waals surface area contributed by atoms with Gasteiger partial charge in [-0.3, -0.25) is 0 Å². The van der Waals surface area contributed by atoms with Gasteiger partial charge in [0.05, 0.1) is 0 Å². The molecule has 0 unspecified atom stereocenters. The standard InChI is InChI=1S/C46H28O/c1-3-14-35-33(4-2)34-18-7-5-6-17-31(34)26-42(35)46-39-21-12-10-19-37(39)45(38-20-11-13-22-40(38)46)32-23-24-36-41-25-29-15-8-9-16-30(29)27-44(41)47-43(36)28-32/h2-3,6,8-17,19-28H,5H2,1H3/b14-3-. The third kappa shape index (κ3) is 4.15. The lowest BCUT2D eigenvalue weighted by Crippen LogP contribution is -1.99. The Morgan fingerprint density at radius 3 is 2.06 bits per heavy atom. The van der Waals surface area contributed by atoms with Crippen molar-refractivity contribution in [2.24, 2.45) is 0 Å². The number of benzene rings is 7. The Labute approximate surface area is 273 Å². The summed E-state index contributed by atoms with van der Waals surface area (Å²) in [4.78, 5) is 0. The number of hydrogen-bond acceptors (Lipinski definition) is 1. The lowest BCUT2D eigenvalue weighted by molar-refractivity contribution is 0.669. The summed E-state index contributed by atoms with van der Waals surface area (Å²) >= 11 is 0. The Balaban J connectivity index is 1.36. The maximum absolute atomic E-state index is 6.53. The molecule has 1 heterocycles. The van der Waals surface area contributed by atoms with Crippen LogP contribution in [0.2, 0.25) is 0 Å². The lowest BCUT2D eigenvalue weighted by atomic mass is 9.82. The van der Waals surface area contributed by atoms with Crippen molar-refractivity contribution in [3.05, 3.63) is 144 Å². The quantitative estimate of drug-likeness (QED) is 0.146. The number of terminal acetylenes is 1. The normalized spacial score (nSPS) is 12.5. The van der Waals surface area contributed by atoms with Crippen LogP contribution in [0.3, 0.4) is 0 Å². The van der Waals surface area contributed by atoms with Crippen LogP contribution in [0.25, 0.3) is 88.7 Å². The molecule has 0 bridgehead atoms. The van der Waals surface area contributed by atoms with Gasteiger partial charge in [0, 0.05) is 28.3 Å². The van der Waals surface area contributed by atoms with E-state index >= 15 is 0 Å².